The monoisotopic (exact) mass is 408 g/mol. The number of hydrogen-bond donors (Lipinski definition) is 0. The summed E-state index contributed by atoms with van der Waals surface area (Å²) >= 11 is 18.7. The Balaban J connectivity index is 2.16. The highest BCUT2D eigenvalue weighted by molar-refractivity contribution is 6.74. The van der Waals surface area contributed by atoms with E-state index < -0.39 is 18.2 Å². The van der Waals surface area contributed by atoms with Crippen LogP contribution in [-0.2, 0) is 15.6 Å². The van der Waals surface area contributed by atoms with Crippen LogP contribution in [0.2, 0.25) is 18.1 Å². The molecule has 0 amide bonds. The third kappa shape index (κ3) is 4.69. The molecule has 1 fully saturated rings. The average Bonchev–Trinajstić information content (AvgIpc) is 3.22. The predicted octanol–water partition coefficient (Wildman–Crippen LogP) is 6.45. The molecule has 24 heavy (non-hydrogen) atoms. The van der Waals surface area contributed by atoms with Crippen LogP contribution in [0.1, 0.15) is 44.9 Å². The van der Waals surface area contributed by atoms with Crippen LogP contribution in [-0.4, -0.2) is 24.3 Å². The van der Waals surface area contributed by atoms with Crippen LogP contribution in [0.3, 0.4) is 0 Å². The number of alkyl halides is 3. The molecule has 1 aromatic rings. The molecular formula is C18H27Cl3O2Si. The minimum Gasteiger partial charge on any atom is -0.407 e. The molecule has 2 rings (SSSR count). The number of rotatable bonds is 5. The summed E-state index contributed by atoms with van der Waals surface area (Å²) in [6.07, 6.45) is 0.153. The number of halogens is 3. The molecule has 0 spiro atoms. The molecule has 136 valence electrons. The summed E-state index contributed by atoms with van der Waals surface area (Å²) in [6, 6.07) is 8.41. The van der Waals surface area contributed by atoms with Gasteiger partial charge in [-0.15, -0.1) is 0 Å². The molecule has 1 saturated heterocycles. The zero-order valence-electron chi connectivity index (χ0n) is 15.2. The van der Waals surface area contributed by atoms with Crippen LogP contribution in [0, 0.1) is 0 Å². The number of benzene rings is 1. The van der Waals surface area contributed by atoms with Crippen molar-refractivity contribution in [1.29, 1.82) is 0 Å². The minimum absolute atomic E-state index is 0.0360. The first kappa shape index (κ1) is 20.5. The van der Waals surface area contributed by atoms with E-state index in [4.69, 9.17) is 44.0 Å². The van der Waals surface area contributed by atoms with Gasteiger partial charge >= 0.3 is 0 Å². The third-order valence-corrected chi connectivity index (χ3v) is 10.2. The van der Waals surface area contributed by atoms with E-state index in [-0.39, 0.29) is 17.2 Å². The fourth-order valence-electron chi connectivity index (χ4n) is 2.38. The van der Waals surface area contributed by atoms with Crippen molar-refractivity contribution >= 4 is 43.1 Å². The standard InChI is InChI=1S/C18H27Cl3O2Si/c1-7-12-8-10-13(11-9-12)14-15(22-14)16(18(19,20)21)23-24(5,6)17(2,3)4/h8-11,14-16H,7H2,1-6H3/t14-,15+,16+/m0/s1. The second-order valence-corrected chi connectivity index (χ2v) is 15.1. The van der Waals surface area contributed by atoms with Crippen LogP contribution in [0.25, 0.3) is 0 Å². The Morgan fingerprint density at radius 1 is 1.12 bits per heavy atom. The predicted molar refractivity (Wildman–Crippen MR) is 106 cm³/mol. The Bertz CT molecular complexity index is 561. The normalized spacial score (nSPS) is 23.2. The van der Waals surface area contributed by atoms with Gasteiger partial charge in [0.2, 0.25) is 3.79 Å². The highest BCUT2D eigenvalue weighted by Crippen LogP contribution is 2.51. The van der Waals surface area contributed by atoms with Gasteiger partial charge in [0, 0.05) is 0 Å². The summed E-state index contributed by atoms with van der Waals surface area (Å²) in [5, 5.41) is 0.0360. The number of hydrogen-bond acceptors (Lipinski definition) is 2. The number of ether oxygens (including phenoxy) is 1. The van der Waals surface area contributed by atoms with Crippen molar-refractivity contribution in [3.8, 4) is 0 Å². The van der Waals surface area contributed by atoms with Crippen LogP contribution >= 0.6 is 34.8 Å². The summed E-state index contributed by atoms with van der Waals surface area (Å²) in [4.78, 5) is 0. The molecule has 0 aromatic heterocycles. The van der Waals surface area contributed by atoms with Crippen molar-refractivity contribution < 1.29 is 9.16 Å². The molecule has 1 heterocycles. The van der Waals surface area contributed by atoms with E-state index in [2.05, 4.69) is 65.1 Å². The molecule has 0 saturated carbocycles. The van der Waals surface area contributed by atoms with E-state index in [0.29, 0.717) is 0 Å². The van der Waals surface area contributed by atoms with Crippen LogP contribution in [0.5, 0.6) is 0 Å². The third-order valence-electron chi connectivity index (χ3n) is 5.09. The van der Waals surface area contributed by atoms with E-state index >= 15 is 0 Å². The van der Waals surface area contributed by atoms with E-state index in [1.54, 1.807) is 0 Å². The summed E-state index contributed by atoms with van der Waals surface area (Å²) in [5.74, 6) is 0. The summed E-state index contributed by atoms with van der Waals surface area (Å²) in [7, 11) is -2.08. The highest BCUT2D eigenvalue weighted by Gasteiger charge is 2.56. The van der Waals surface area contributed by atoms with Crippen LogP contribution in [0.15, 0.2) is 24.3 Å². The molecule has 0 N–H and O–H groups in total. The van der Waals surface area contributed by atoms with E-state index in [1.165, 1.54) is 5.56 Å². The molecular weight excluding hydrogens is 383 g/mol. The van der Waals surface area contributed by atoms with Gasteiger partial charge in [-0.1, -0.05) is 86.8 Å². The van der Waals surface area contributed by atoms with Crippen molar-refractivity contribution in [3.63, 3.8) is 0 Å². The largest absolute Gasteiger partial charge is 0.407 e. The highest BCUT2D eigenvalue weighted by atomic mass is 35.6. The fraction of sp³-hybridized carbons (Fsp3) is 0.667. The van der Waals surface area contributed by atoms with Crippen molar-refractivity contribution in [2.75, 3.05) is 0 Å². The van der Waals surface area contributed by atoms with Gasteiger partial charge < -0.3 is 9.16 Å². The Morgan fingerprint density at radius 3 is 2.08 bits per heavy atom. The second kappa shape index (κ2) is 7.09. The van der Waals surface area contributed by atoms with Crippen LogP contribution < -0.4 is 0 Å². The molecule has 0 unspecified atom stereocenters. The van der Waals surface area contributed by atoms with Crippen molar-refractivity contribution in [3.05, 3.63) is 35.4 Å². The van der Waals surface area contributed by atoms with E-state index in [0.717, 1.165) is 12.0 Å². The Labute approximate surface area is 161 Å². The van der Waals surface area contributed by atoms with E-state index in [1.807, 2.05) is 0 Å². The van der Waals surface area contributed by atoms with Crippen LogP contribution in [0.4, 0.5) is 0 Å². The molecule has 2 nitrogen and oxygen atoms in total. The smallest absolute Gasteiger partial charge is 0.217 e. The van der Waals surface area contributed by atoms with Gasteiger partial charge in [-0.25, -0.2) is 0 Å². The molecule has 1 aromatic carbocycles. The van der Waals surface area contributed by atoms with Gasteiger partial charge in [0.25, 0.3) is 0 Å². The lowest BCUT2D eigenvalue weighted by molar-refractivity contribution is 0.145. The SMILES string of the molecule is CCc1ccc([C@@H]2O[C@H]2[C@@H](O[Si](C)(C)C(C)(C)C)C(Cl)(Cl)Cl)cc1. The molecule has 0 radical (unpaired) electrons. The average molecular weight is 410 g/mol. The summed E-state index contributed by atoms with van der Waals surface area (Å²) < 4.78 is 10.8. The lowest BCUT2D eigenvalue weighted by Crippen LogP contribution is -2.49. The molecule has 1 aliphatic rings. The van der Waals surface area contributed by atoms with Gasteiger partial charge in [-0.3, -0.25) is 0 Å². The Morgan fingerprint density at radius 2 is 1.67 bits per heavy atom. The maximum atomic E-state index is 6.41. The van der Waals surface area contributed by atoms with Crippen molar-refractivity contribution in [1.82, 2.24) is 0 Å². The number of aryl methyl sites for hydroxylation is 1. The molecule has 0 bridgehead atoms. The summed E-state index contributed by atoms with van der Waals surface area (Å²) in [6.45, 7) is 13.0. The Hall–Kier alpha value is 0.227. The van der Waals surface area contributed by atoms with Crippen molar-refractivity contribution in [2.45, 2.75) is 74.4 Å². The first-order valence-electron chi connectivity index (χ1n) is 8.35. The van der Waals surface area contributed by atoms with Crippen molar-refractivity contribution in [2.24, 2.45) is 0 Å². The molecule has 0 aliphatic carbocycles. The van der Waals surface area contributed by atoms with Gasteiger partial charge in [0.15, 0.2) is 8.32 Å². The minimum atomic E-state index is -2.08. The zero-order valence-corrected chi connectivity index (χ0v) is 18.5. The topological polar surface area (TPSA) is 21.8 Å². The van der Waals surface area contributed by atoms with Gasteiger partial charge in [0.05, 0.1) is 0 Å². The lowest BCUT2D eigenvalue weighted by atomic mass is 10.0. The van der Waals surface area contributed by atoms with Gasteiger partial charge in [-0.2, -0.15) is 0 Å². The summed E-state index contributed by atoms with van der Waals surface area (Å²) in [5.41, 5.74) is 2.40. The molecule has 3 atom stereocenters. The maximum absolute atomic E-state index is 6.41. The first-order chi connectivity index (χ1) is 10.9. The molecule has 6 heteroatoms. The lowest BCUT2D eigenvalue weighted by Gasteiger charge is -2.40. The maximum Gasteiger partial charge on any atom is 0.217 e. The first-order valence-corrected chi connectivity index (χ1v) is 12.4. The van der Waals surface area contributed by atoms with Gasteiger partial charge in [0.1, 0.15) is 18.3 Å². The quantitative estimate of drug-likeness (QED) is 0.316. The number of epoxide rings is 1. The Kier molecular flexibility index (Phi) is 6.07. The van der Waals surface area contributed by atoms with Gasteiger partial charge in [-0.05, 0) is 35.7 Å². The molecule has 1 aliphatic heterocycles. The zero-order chi connectivity index (χ0) is 18.3. The van der Waals surface area contributed by atoms with E-state index in [9.17, 15) is 0 Å². The fourth-order valence-corrected chi connectivity index (χ4v) is 4.41. The second-order valence-electron chi connectivity index (χ2n) is 7.96.